The molecule has 0 radical (unpaired) electrons. The zero-order valence-corrected chi connectivity index (χ0v) is 34.5. The van der Waals surface area contributed by atoms with Gasteiger partial charge >= 0.3 is 11.9 Å². The van der Waals surface area contributed by atoms with Crippen molar-refractivity contribution in [2.75, 3.05) is 13.2 Å². The van der Waals surface area contributed by atoms with Crippen LogP contribution in [0.5, 0.6) is 0 Å². The van der Waals surface area contributed by atoms with Crippen LogP contribution in [0.15, 0.2) is 0 Å². The Morgan fingerprint density at radius 1 is 0.491 bits per heavy atom. The number of hydrogen-bond acceptors (Lipinski definition) is 6. The zero-order valence-electron chi connectivity index (χ0n) is 34.5. The minimum Gasteiger partial charge on any atom is -0.480 e. The van der Waals surface area contributed by atoms with Gasteiger partial charge in [0.05, 0.1) is 13.2 Å². The largest absolute Gasteiger partial charge is 0.480 e. The van der Waals surface area contributed by atoms with Gasteiger partial charge in [0.25, 0.3) is 0 Å². The van der Waals surface area contributed by atoms with E-state index in [1.54, 1.807) is 0 Å². The quantitative estimate of drug-likeness (QED) is 0.0360. The highest BCUT2D eigenvalue weighted by molar-refractivity contribution is 5.87. The first-order valence-corrected chi connectivity index (χ1v) is 22.4. The topological polar surface area (TPSA) is 142 Å². The van der Waals surface area contributed by atoms with E-state index in [0.29, 0.717) is 19.3 Å². The molecule has 0 bridgehead atoms. The highest BCUT2D eigenvalue weighted by atomic mass is 16.5. The summed E-state index contributed by atoms with van der Waals surface area (Å²) in [6, 6.07) is -1.38. The number of ether oxygens (including phenoxy) is 1. The van der Waals surface area contributed by atoms with Crippen molar-refractivity contribution in [2.45, 2.75) is 244 Å². The van der Waals surface area contributed by atoms with Crippen molar-refractivity contribution in [3.63, 3.8) is 0 Å². The maximum Gasteiger partial charge on any atom is 0.328 e. The first-order chi connectivity index (χ1) is 25.8. The molecule has 0 heterocycles. The predicted molar refractivity (Wildman–Crippen MR) is 218 cm³/mol. The van der Waals surface area contributed by atoms with Crippen molar-refractivity contribution < 1.29 is 34.1 Å². The number of aliphatic carboxylic acids is 1. The van der Waals surface area contributed by atoms with Crippen molar-refractivity contribution in [1.29, 1.82) is 0 Å². The van der Waals surface area contributed by atoms with E-state index in [9.17, 15) is 19.2 Å². The molecule has 9 heteroatoms. The van der Waals surface area contributed by atoms with E-state index < -0.39 is 24.5 Å². The van der Waals surface area contributed by atoms with Gasteiger partial charge in [-0.1, -0.05) is 181 Å². The molecule has 0 rings (SSSR count). The summed E-state index contributed by atoms with van der Waals surface area (Å²) in [5.41, 5.74) is 0. The third-order valence-corrected chi connectivity index (χ3v) is 10.4. The van der Waals surface area contributed by atoms with Gasteiger partial charge in [0.15, 0.2) is 0 Å². The molecule has 0 fully saturated rings. The summed E-state index contributed by atoms with van der Waals surface area (Å²) < 4.78 is 6.01. The van der Waals surface area contributed by atoms with Crippen molar-refractivity contribution >= 4 is 23.8 Å². The van der Waals surface area contributed by atoms with E-state index in [2.05, 4.69) is 24.5 Å². The average molecular weight is 753 g/mol. The normalized spacial score (nSPS) is 12.4. The van der Waals surface area contributed by atoms with Crippen molar-refractivity contribution in [3.8, 4) is 0 Å². The van der Waals surface area contributed by atoms with Crippen molar-refractivity contribution in [3.05, 3.63) is 0 Å². The second-order valence-electron chi connectivity index (χ2n) is 15.5. The Morgan fingerprint density at radius 3 is 1.23 bits per heavy atom. The fourth-order valence-corrected chi connectivity index (χ4v) is 6.89. The standard InChI is InChI=1S/C44H84N2O7/c1-3-5-7-9-11-12-13-14-15-16-17-18-19-20-21-23-28-32-36-43(50)53-39(33-29-25-22-10-8-6-4-2)34-30-26-24-27-31-35-41(48)45-37-42(49)46-40(38-47)44(51)52/h39-40,47H,3-38H2,1-2H3,(H,45,48)(H,46,49)(H,51,52). The van der Waals surface area contributed by atoms with Crippen LogP contribution in [0.3, 0.4) is 0 Å². The molecule has 0 aromatic rings. The molecule has 0 aliphatic heterocycles. The minimum atomic E-state index is -1.38. The number of carbonyl (C=O) groups is 4. The highest BCUT2D eigenvalue weighted by Gasteiger charge is 2.19. The molecular weight excluding hydrogens is 668 g/mol. The molecule has 2 unspecified atom stereocenters. The lowest BCUT2D eigenvalue weighted by atomic mass is 10.0. The molecule has 4 N–H and O–H groups in total. The second-order valence-corrected chi connectivity index (χ2v) is 15.5. The Kier molecular flexibility index (Phi) is 37.9. The Morgan fingerprint density at radius 2 is 0.849 bits per heavy atom. The molecule has 53 heavy (non-hydrogen) atoms. The number of carbonyl (C=O) groups excluding carboxylic acids is 3. The van der Waals surface area contributed by atoms with E-state index in [-0.39, 0.29) is 24.5 Å². The van der Waals surface area contributed by atoms with E-state index in [4.69, 9.17) is 14.9 Å². The first-order valence-electron chi connectivity index (χ1n) is 22.4. The second kappa shape index (κ2) is 39.5. The number of carboxylic acids is 1. The maximum atomic E-state index is 12.7. The Labute approximate surface area is 325 Å². The SMILES string of the molecule is CCCCCCCCCCCCCCCCCCCCC(=O)OC(CCCCCCCCC)CCCCCCCC(=O)NCC(=O)NC(CO)C(=O)O. The third kappa shape index (κ3) is 36.6. The van der Waals surface area contributed by atoms with Crippen molar-refractivity contribution in [2.24, 2.45) is 0 Å². The summed E-state index contributed by atoms with van der Waals surface area (Å²) in [5, 5.41) is 22.5. The van der Waals surface area contributed by atoms with Crippen LogP contribution < -0.4 is 10.6 Å². The van der Waals surface area contributed by atoms with Crippen LogP contribution in [0.2, 0.25) is 0 Å². The lowest BCUT2D eigenvalue weighted by Gasteiger charge is -2.18. The number of aliphatic hydroxyl groups excluding tert-OH is 1. The molecule has 2 atom stereocenters. The Bertz CT molecular complexity index is 869. The number of rotatable bonds is 41. The van der Waals surface area contributed by atoms with Gasteiger partial charge in [-0.2, -0.15) is 0 Å². The summed E-state index contributed by atoms with van der Waals surface area (Å²) in [5.74, 6) is -2.27. The molecule has 0 spiro atoms. The van der Waals surface area contributed by atoms with Gasteiger partial charge in [0.1, 0.15) is 12.1 Å². The smallest absolute Gasteiger partial charge is 0.328 e. The van der Waals surface area contributed by atoms with E-state index in [1.807, 2.05) is 0 Å². The van der Waals surface area contributed by atoms with Gasteiger partial charge in [-0.15, -0.1) is 0 Å². The van der Waals surface area contributed by atoms with Crippen LogP contribution in [0, 0.1) is 0 Å². The molecule has 9 nitrogen and oxygen atoms in total. The number of carboxylic acid groups (broad SMARTS) is 1. The molecule has 0 saturated carbocycles. The maximum absolute atomic E-state index is 12.7. The van der Waals surface area contributed by atoms with E-state index in [1.165, 1.54) is 141 Å². The van der Waals surface area contributed by atoms with Gasteiger partial charge in [0.2, 0.25) is 11.8 Å². The minimum absolute atomic E-state index is 0.00262. The van der Waals surface area contributed by atoms with E-state index in [0.717, 1.165) is 57.8 Å². The number of hydrogen-bond donors (Lipinski definition) is 4. The zero-order chi connectivity index (χ0) is 39.0. The highest BCUT2D eigenvalue weighted by Crippen LogP contribution is 2.19. The van der Waals surface area contributed by atoms with Crippen LogP contribution in [0.25, 0.3) is 0 Å². The van der Waals surface area contributed by atoms with Gasteiger partial charge in [0, 0.05) is 12.8 Å². The van der Waals surface area contributed by atoms with Crippen LogP contribution in [0.1, 0.15) is 232 Å². The van der Waals surface area contributed by atoms with Crippen LogP contribution in [0.4, 0.5) is 0 Å². The fraction of sp³-hybridized carbons (Fsp3) is 0.909. The van der Waals surface area contributed by atoms with E-state index >= 15 is 0 Å². The predicted octanol–water partition coefficient (Wildman–Crippen LogP) is 10.9. The van der Waals surface area contributed by atoms with Gasteiger partial charge in [-0.25, -0.2) is 4.79 Å². The van der Waals surface area contributed by atoms with Crippen LogP contribution in [-0.2, 0) is 23.9 Å². The third-order valence-electron chi connectivity index (χ3n) is 10.4. The van der Waals surface area contributed by atoms with Crippen molar-refractivity contribution in [1.82, 2.24) is 10.6 Å². The lowest BCUT2D eigenvalue weighted by Crippen LogP contribution is -2.47. The summed E-state index contributed by atoms with van der Waals surface area (Å²) in [6.07, 6.45) is 40.0. The Balaban J connectivity index is 4.07. The first kappa shape index (κ1) is 50.8. The molecule has 0 saturated heterocycles. The number of aliphatic hydroxyl groups is 1. The van der Waals surface area contributed by atoms with Gasteiger partial charge < -0.3 is 25.6 Å². The summed E-state index contributed by atoms with van der Waals surface area (Å²) in [7, 11) is 0. The molecule has 0 aliphatic rings. The fourth-order valence-electron chi connectivity index (χ4n) is 6.89. The van der Waals surface area contributed by atoms with Gasteiger partial charge in [-0.3, -0.25) is 14.4 Å². The summed E-state index contributed by atoms with van der Waals surface area (Å²) in [4.78, 5) is 47.5. The number of unbranched alkanes of at least 4 members (excludes halogenated alkanes) is 27. The molecule has 2 amide bonds. The Hall–Kier alpha value is -2.16. The molecule has 0 aliphatic carbocycles. The average Bonchev–Trinajstić information content (AvgIpc) is 3.14. The van der Waals surface area contributed by atoms with Gasteiger partial charge in [-0.05, 0) is 38.5 Å². The molecular formula is C44H84N2O7. The summed E-state index contributed by atoms with van der Waals surface area (Å²) in [6.45, 7) is 3.49. The molecule has 0 aromatic carbocycles. The number of amides is 2. The van der Waals surface area contributed by atoms with Crippen LogP contribution in [-0.4, -0.2) is 59.3 Å². The molecule has 312 valence electrons. The lowest BCUT2D eigenvalue weighted by molar-refractivity contribution is -0.150. The summed E-state index contributed by atoms with van der Waals surface area (Å²) >= 11 is 0. The van der Waals surface area contributed by atoms with Crippen LogP contribution >= 0.6 is 0 Å². The molecule has 0 aromatic heterocycles. The number of nitrogens with one attached hydrogen (secondary N) is 2. The number of esters is 1. The monoisotopic (exact) mass is 753 g/mol.